The Bertz CT molecular complexity index is 788. The molecule has 8 heteroatoms. The molecule has 0 atom stereocenters. The number of anilines is 1. The van der Waals surface area contributed by atoms with Crippen molar-refractivity contribution < 1.29 is 19.1 Å². The van der Waals surface area contributed by atoms with E-state index < -0.39 is 17.9 Å². The Morgan fingerprint density at radius 2 is 1.58 bits per heavy atom. The van der Waals surface area contributed by atoms with E-state index in [-0.39, 0.29) is 26.9 Å². The molecule has 0 saturated carbocycles. The fraction of sp³-hybridized carbons (Fsp3) is 0.0625. The summed E-state index contributed by atoms with van der Waals surface area (Å²) in [5, 5.41) is 4.74. The van der Waals surface area contributed by atoms with Crippen molar-refractivity contribution in [3.63, 3.8) is 0 Å². The van der Waals surface area contributed by atoms with Crippen LogP contribution in [-0.4, -0.2) is 25.0 Å². The molecular formula is C16H12Cl2N2O4. The lowest BCUT2D eigenvalue weighted by molar-refractivity contribution is 0.0602. The number of amides is 3. The third-order valence-electron chi connectivity index (χ3n) is 3.00. The van der Waals surface area contributed by atoms with Crippen LogP contribution in [0.25, 0.3) is 0 Å². The fourth-order valence-corrected chi connectivity index (χ4v) is 2.48. The summed E-state index contributed by atoms with van der Waals surface area (Å²) >= 11 is 11.8. The average Bonchev–Trinajstić information content (AvgIpc) is 2.54. The van der Waals surface area contributed by atoms with Gasteiger partial charge in [0.25, 0.3) is 5.91 Å². The maximum Gasteiger partial charge on any atom is 0.339 e. The van der Waals surface area contributed by atoms with Gasteiger partial charge in [-0.3, -0.25) is 10.1 Å². The van der Waals surface area contributed by atoms with E-state index in [4.69, 9.17) is 23.2 Å². The van der Waals surface area contributed by atoms with Crippen LogP contribution in [0.5, 0.6) is 0 Å². The van der Waals surface area contributed by atoms with Crippen LogP contribution in [0.15, 0.2) is 42.5 Å². The predicted molar refractivity (Wildman–Crippen MR) is 90.7 cm³/mol. The van der Waals surface area contributed by atoms with Crippen molar-refractivity contribution in [2.45, 2.75) is 0 Å². The highest BCUT2D eigenvalue weighted by molar-refractivity contribution is 6.40. The zero-order chi connectivity index (χ0) is 17.7. The maximum atomic E-state index is 12.1. The van der Waals surface area contributed by atoms with Gasteiger partial charge >= 0.3 is 12.0 Å². The van der Waals surface area contributed by atoms with E-state index in [1.165, 1.54) is 31.4 Å². The molecule has 2 N–H and O–H groups in total. The monoisotopic (exact) mass is 366 g/mol. The van der Waals surface area contributed by atoms with E-state index >= 15 is 0 Å². The second kappa shape index (κ2) is 7.81. The van der Waals surface area contributed by atoms with Gasteiger partial charge in [-0.1, -0.05) is 41.4 Å². The summed E-state index contributed by atoms with van der Waals surface area (Å²) in [5.74, 6) is -1.38. The van der Waals surface area contributed by atoms with E-state index in [1.807, 2.05) is 0 Å². The van der Waals surface area contributed by atoms with E-state index in [0.29, 0.717) is 0 Å². The molecule has 124 valence electrons. The number of methoxy groups -OCH3 is 1. The SMILES string of the molecule is COC(=O)c1ccccc1NC(=O)NC(=O)c1c(Cl)cccc1Cl. The Balaban J connectivity index is 2.15. The number of hydrogen-bond donors (Lipinski definition) is 2. The number of benzene rings is 2. The third-order valence-corrected chi connectivity index (χ3v) is 3.63. The highest BCUT2D eigenvalue weighted by Crippen LogP contribution is 2.24. The normalized spacial score (nSPS) is 9.96. The number of ether oxygens (including phenoxy) is 1. The van der Waals surface area contributed by atoms with Crippen LogP contribution in [-0.2, 0) is 4.74 Å². The minimum Gasteiger partial charge on any atom is -0.465 e. The molecule has 0 aliphatic heterocycles. The van der Waals surface area contributed by atoms with Crippen molar-refractivity contribution in [3.05, 3.63) is 63.6 Å². The summed E-state index contributed by atoms with van der Waals surface area (Å²) < 4.78 is 4.63. The first-order chi connectivity index (χ1) is 11.4. The van der Waals surface area contributed by atoms with Gasteiger partial charge in [0.15, 0.2) is 0 Å². The molecule has 24 heavy (non-hydrogen) atoms. The van der Waals surface area contributed by atoms with Gasteiger partial charge in [0.2, 0.25) is 0 Å². The largest absolute Gasteiger partial charge is 0.465 e. The van der Waals surface area contributed by atoms with Crippen molar-refractivity contribution in [1.82, 2.24) is 5.32 Å². The lowest BCUT2D eigenvalue weighted by Crippen LogP contribution is -2.35. The minimum atomic E-state index is -0.840. The number of hydrogen-bond acceptors (Lipinski definition) is 4. The van der Waals surface area contributed by atoms with Crippen molar-refractivity contribution in [1.29, 1.82) is 0 Å². The van der Waals surface area contributed by atoms with Crippen LogP contribution in [0, 0.1) is 0 Å². The van der Waals surface area contributed by atoms with Crippen LogP contribution in [0.4, 0.5) is 10.5 Å². The van der Waals surface area contributed by atoms with Crippen LogP contribution in [0.2, 0.25) is 10.0 Å². The topological polar surface area (TPSA) is 84.5 Å². The molecule has 0 aromatic heterocycles. The molecule has 0 radical (unpaired) electrons. The molecule has 0 saturated heterocycles. The van der Waals surface area contributed by atoms with Crippen LogP contribution in [0.1, 0.15) is 20.7 Å². The summed E-state index contributed by atoms with van der Waals surface area (Å²) in [6.07, 6.45) is 0. The van der Waals surface area contributed by atoms with E-state index in [0.717, 1.165) is 0 Å². The minimum absolute atomic E-state index is 0.0164. The van der Waals surface area contributed by atoms with Crippen molar-refractivity contribution in [2.75, 3.05) is 12.4 Å². The van der Waals surface area contributed by atoms with E-state index in [9.17, 15) is 14.4 Å². The molecule has 0 aliphatic rings. The lowest BCUT2D eigenvalue weighted by atomic mass is 10.2. The number of imide groups is 1. The smallest absolute Gasteiger partial charge is 0.339 e. The number of esters is 1. The van der Waals surface area contributed by atoms with Crippen molar-refractivity contribution in [3.8, 4) is 0 Å². The number of carbonyl (C=O) groups excluding carboxylic acids is 3. The van der Waals surface area contributed by atoms with Gasteiger partial charge in [-0.15, -0.1) is 0 Å². The number of rotatable bonds is 3. The van der Waals surface area contributed by atoms with Crippen LogP contribution in [0.3, 0.4) is 0 Å². The molecule has 2 aromatic rings. The second-order valence-electron chi connectivity index (χ2n) is 4.54. The Hall–Kier alpha value is -2.57. The molecule has 0 aliphatic carbocycles. The summed E-state index contributed by atoms with van der Waals surface area (Å²) in [4.78, 5) is 35.8. The third kappa shape index (κ3) is 4.04. The molecule has 3 amide bonds. The summed E-state index contributed by atoms with van der Waals surface area (Å²) in [5.41, 5.74) is 0.329. The number of halogens is 2. The first-order valence-electron chi connectivity index (χ1n) is 6.67. The fourth-order valence-electron chi connectivity index (χ4n) is 1.91. The first kappa shape index (κ1) is 17.8. The first-order valence-corrected chi connectivity index (χ1v) is 7.43. The molecule has 0 bridgehead atoms. The van der Waals surface area contributed by atoms with Gasteiger partial charge in [0.1, 0.15) is 0 Å². The van der Waals surface area contributed by atoms with Crippen LogP contribution < -0.4 is 10.6 Å². The van der Waals surface area contributed by atoms with Crippen LogP contribution >= 0.6 is 23.2 Å². The maximum absolute atomic E-state index is 12.1. The standard InChI is InChI=1S/C16H12Cl2N2O4/c1-24-15(22)9-5-2-3-8-12(9)19-16(23)20-14(21)13-10(17)6-4-7-11(13)18/h2-8H,1H3,(H2,19,20,21,23). The van der Waals surface area contributed by atoms with Gasteiger partial charge in [0, 0.05) is 0 Å². The van der Waals surface area contributed by atoms with Gasteiger partial charge in [-0.25, -0.2) is 9.59 Å². The lowest BCUT2D eigenvalue weighted by Gasteiger charge is -2.11. The van der Waals surface area contributed by atoms with Gasteiger partial charge in [-0.05, 0) is 24.3 Å². The molecule has 0 spiro atoms. The Morgan fingerprint density at radius 1 is 0.958 bits per heavy atom. The molecule has 0 heterocycles. The molecule has 0 fully saturated rings. The predicted octanol–water partition coefficient (Wildman–Crippen LogP) is 3.74. The van der Waals surface area contributed by atoms with Gasteiger partial charge in [0.05, 0.1) is 34.0 Å². The molecule has 2 aromatic carbocycles. The summed E-state index contributed by atoms with van der Waals surface area (Å²) in [7, 11) is 1.22. The quantitative estimate of drug-likeness (QED) is 0.810. The number of para-hydroxylation sites is 1. The summed E-state index contributed by atoms with van der Waals surface area (Å²) in [6, 6.07) is 9.91. The number of carbonyl (C=O) groups is 3. The molecule has 6 nitrogen and oxygen atoms in total. The average molecular weight is 367 g/mol. The van der Waals surface area contributed by atoms with E-state index in [2.05, 4.69) is 15.4 Å². The molecule has 2 rings (SSSR count). The summed E-state index contributed by atoms with van der Waals surface area (Å²) in [6.45, 7) is 0. The highest BCUT2D eigenvalue weighted by atomic mass is 35.5. The highest BCUT2D eigenvalue weighted by Gasteiger charge is 2.18. The Morgan fingerprint density at radius 3 is 2.21 bits per heavy atom. The zero-order valence-corrected chi connectivity index (χ0v) is 13.9. The second-order valence-corrected chi connectivity index (χ2v) is 5.36. The molecule has 0 unspecified atom stereocenters. The van der Waals surface area contributed by atoms with Crippen molar-refractivity contribution in [2.24, 2.45) is 0 Å². The number of urea groups is 1. The Labute approximate surface area is 147 Å². The Kier molecular flexibility index (Phi) is 5.78. The van der Waals surface area contributed by atoms with Gasteiger partial charge < -0.3 is 10.1 Å². The zero-order valence-electron chi connectivity index (χ0n) is 12.4. The van der Waals surface area contributed by atoms with E-state index in [1.54, 1.807) is 18.2 Å². The molecular weight excluding hydrogens is 355 g/mol. The van der Waals surface area contributed by atoms with Gasteiger partial charge in [-0.2, -0.15) is 0 Å². The number of nitrogens with one attached hydrogen (secondary N) is 2. The van der Waals surface area contributed by atoms with Crippen molar-refractivity contribution >= 4 is 46.8 Å².